The van der Waals surface area contributed by atoms with Crippen LogP contribution in [0.3, 0.4) is 0 Å². The van der Waals surface area contributed by atoms with E-state index in [0.29, 0.717) is 32.3 Å². The molecule has 1 aromatic rings. The van der Waals surface area contributed by atoms with Crippen LogP contribution in [0.1, 0.15) is 18.4 Å². The smallest absolute Gasteiger partial charge is 0.224 e. The maximum absolute atomic E-state index is 12.8. The number of rotatable bonds is 10. The summed E-state index contributed by atoms with van der Waals surface area (Å²) in [6.07, 6.45) is 2.33. The standard InChI is InChI=1S/C19H29FN4O3/c1-21-19(23-8-2-11-27-17-7-12-26-14-17)24-10-9-22-18(25)13-15-3-5-16(20)6-4-15/h3-6,17H,2,7-14H2,1H3,(H,22,25)(H2,21,23,24). The molecule has 27 heavy (non-hydrogen) atoms. The molecule has 1 amide bonds. The number of nitrogens with one attached hydrogen (secondary N) is 3. The SMILES string of the molecule is CN=C(NCCCOC1CCOC1)NCCNC(=O)Cc1ccc(F)cc1. The van der Waals surface area contributed by atoms with Crippen LogP contribution in [0.4, 0.5) is 4.39 Å². The molecule has 1 saturated heterocycles. The monoisotopic (exact) mass is 380 g/mol. The lowest BCUT2D eigenvalue weighted by molar-refractivity contribution is -0.120. The highest BCUT2D eigenvalue weighted by Crippen LogP contribution is 2.07. The van der Waals surface area contributed by atoms with E-state index in [1.165, 1.54) is 12.1 Å². The lowest BCUT2D eigenvalue weighted by Crippen LogP contribution is -2.42. The lowest BCUT2D eigenvalue weighted by Gasteiger charge is -2.13. The Hall–Kier alpha value is -2.19. The molecule has 1 aliphatic heterocycles. The van der Waals surface area contributed by atoms with E-state index >= 15 is 0 Å². The summed E-state index contributed by atoms with van der Waals surface area (Å²) in [5.74, 6) is 0.285. The first-order valence-electron chi connectivity index (χ1n) is 9.32. The number of benzene rings is 1. The molecular formula is C19H29FN4O3. The summed E-state index contributed by atoms with van der Waals surface area (Å²) in [6.45, 7) is 3.97. The van der Waals surface area contributed by atoms with Crippen molar-refractivity contribution in [2.75, 3.05) is 46.5 Å². The van der Waals surface area contributed by atoms with E-state index in [0.717, 1.165) is 31.6 Å². The Morgan fingerprint density at radius 3 is 2.67 bits per heavy atom. The molecule has 150 valence electrons. The van der Waals surface area contributed by atoms with Crippen molar-refractivity contribution in [1.29, 1.82) is 0 Å². The van der Waals surface area contributed by atoms with Crippen LogP contribution in [-0.4, -0.2) is 64.5 Å². The number of amides is 1. The number of ether oxygens (including phenoxy) is 2. The largest absolute Gasteiger partial charge is 0.379 e. The number of halogens is 1. The normalized spacial score (nSPS) is 17.0. The van der Waals surface area contributed by atoms with Crippen LogP contribution in [0.15, 0.2) is 29.3 Å². The average Bonchev–Trinajstić information content (AvgIpc) is 3.18. The van der Waals surface area contributed by atoms with Crippen LogP contribution in [-0.2, 0) is 20.7 Å². The van der Waals surface area contributed by atoms with Crippen LogP contribution >= 0.6 is 0 Å². The third kappa shape index (κ3) is 8.83. The van der Waals surface area contributed by atoms with Gasteiger partial charge in [0.1, 0.15) is 5.82 Å². The number of hydrogen-bond acceptors (Lipinski definition) is 4. The number of carbonyl (C=O) groups excluding carboxylic acids is 1. The van der Waals surface area contributed by atoms with Crippen molar-refractivity contribution >= 4 is 11.9 Å². The topological polar surface area (TPSA) is 84.0 Å². The summed E-state index contributed by atoms with van der Waals surface area (Å²) < 4.78 is 23.8. The molecule has 7 nitrogen and oxygen atoms in total. The molecule has 0 saturated carbocycles. The summed E-state index contributed by atoms with van der Waals surface area (Å²) in [7, 11) is 1.70. The molecule has 3 N–H and O–H groups in total. The minimum Gasteiger partial charge on any atom is -0.379 e. The van der Waals surface area contributed by atoms with E-state index in [-0.39, 0.29) is 24.2 Å². The molecule has 0 radical (unpaired) electrons. The van der Waals surface area contributed by atoms with E-state index in [4.69, 9.17) is 9.47 Å². The van der Waals surface area contributed by atoms with Crippen molar-refractivity contribution in [3.05, 3.63) is 35.6 Å². The maximum Gasteiger partial charge on any atom is 0.224 e. The summed E-state index contributed by atoms with van der Waals surface area (Å²) >= 11 is 0. The van der Waals surface area contributed by atoms with Gasteiger partial charge in [0.25, 0.3) is 0 Å². The van der Waals surface area contributed by atoms with Gasteiger partial charge in [0.2, 0.25) is 5.91 Å². The first-order valence-corrected chi connectivity index (χ1v) is 9.32. The number of hydrogen-bond donors (Lipinski definition) is 3. The molecule has 0 aliphatic carbocycles. The molecular weight excluding hydrogens is 351 g/mol. The number of guanidine groups is 1. The predicted octanol–water partition coefficient (Wildman–Crippen LogP) is 0.845. The van der Waals surface area contributed by atoms with Gasteiger partial charge in [-0.05, 0) is 30.5 Å². The Morgan fingerprint density at radius 2 is 1.96 bits per heavy atom. The zero-order chi connectivity index (χ0) is 19.3. The van der Waals surface area contributed by atoms with Crippen molar-refractivity contribution < 1.29 is 18.7 Å². The number of aliphatic imine (C=N–C) groups is 1. The van der Waals surface area contributed by atoms with E-state index in [1.807, 2.05) is 0 Å². The fourth-order valence-corrected chi connectivity index (χ4v) is 2.63. The van der Waals surface area contributed by atoms with E-state index in [9.17, 15) is 9.18 Å². The highest BCUT2D eigenvalue weighted by Gasteiger charge is 2.15. The van der Waals surface area contributed by atoms with Gasteiger partial charge in [-0.2, -0.15) is 0 Å². The average molecular weight is 380 g/mol. The van der Waals surface area contributed by atoms with Gasteiger partial charge in [-0.25, -0.2) is 4.39 Å². The highest BCUT2D eigenvalue weighted by molar-refractivity contribution is 5.80. The molecule has 1 aliphatic rings. The van der Waals surface area contributed by atoms with Crippen LogP contribution < -0.4 is 16.0 Å². The molecule has 1 aromatic carbocycles. The van der Waals surface area contributed by atoms with Crippen molar-refractivity contribution in [2.45, 2.75) is 25.4 Å². The van der Waals surface area contributed by atoms with Crippen molar-refractivity contribution in [1.82, 2.24) is 16.0 Å². The summed E-state index contributed by atoms with van der Waals surface area (Å²) in [5, 5.41) is 9.17. The van der Waals surface area contributed by atoms with Gasteiger partial charge in [-0.1, -0.05) is 12.1 Å². The summed E-state index contributed by atoms with van der Waals surface area (Å²) in [6, 6.07) is 5.93. The van der Waals surface area contributed by atoms with Crippen LogP contribution in [0.2, 0.25) is 0 Å². The van der Waals surface area contributed by atoms with Crippen LogP contribution in [0.25, 0.3) is 0 Å². The second kappa shape index (κ2) is 12.2. The highest BCUT2D eigenvalue weighted by atomic mass is 19.1. The Bertz CT molecular complexity index is 589. The third-order valence-corrected chi connectivity index (χ3v) is 4.10. The molecule has 0 bridgehead atoms. The van der Waals surface area contributed by atoms with Gasteiger partial charge in [-0.3, -0.25) is 9.79 Å². The van der Waals surface area contributed by atoms with Gasteiger partial charge in [0.05, 0.1) is 19.1 Å². The van der Waals surface area contributed by atoms with E-state index in [2.05, 4.69) is 20.9 Å². The fourth-order valence-electron chi connectivity index (χ4n) is 2.63. The quantitative estimate of drug-likeness (QED) is 0.318. The fraction of sp³-hybridized carbons (Fsp3) is 0.579. The van der Waals surface area contributed by atoms with Gasteiger partial charge in [-0.15, -0.1) is 0 Å². The van der Waals surface area contributed by atoms with Crippen LogP contribution in [0, 0.1) is 5.82 Å². The second-order valence-corrected chi connectivity index (χ2v) is 6.29. The van der Waals surface area contributed by atoms with E-state index in [1.54, 1.807) is 19.2 Å². The summed E-state index contributed by atoms with van der Waals surface area (Å²) in [5.41, 5.74) is 0.783. The minimum atomic E-state index is -0.304. The Morgan fingerprint density at radius 1 is 1.22 bits per heavy atom. The Kier molecular flexibility index (Phi) is 9.57. The molecule has 8 heteroatoms. The first kappa shape index (κ1) is 21.1. The molecule has 2 rings (SSSR count). The summed E-state index contributed by atoms with van der Waals surface area (Å²) in [4.78, 5) is 16.0. The van der Waals surface area contributed by atoms with Gasteiger partial charge < -0.3 is 25.4 Å². The van der Waals surface area contributed by atoms with Gasteiger partial charge in [0, 0.05) is 39.9 Å². The Balaban J connectivity index is 1.49. The molecule has 0 aromatic heterocycles. The molecule has 1 heterocycles. The molecule has 1 atom stereocenters. The number of nitrogens with zero attached hydrogens (tertiary/aromatic N) is 1. The zero-order valence-electron chi connectivity index (χ0n) is 15.8. The maximum atomic E-state index is 12.8. The molecule has 1 fully saturated rings. The molecule has 1 unspecified atom stereocenters. The minimum absolute atomic E-state index is 0.0978. The van der Waals surface area contributed by atoms with Crippen LogP contribution in [0.5, 0.6) is 0 Å². The van der Waals surface area contributed by atoms with Crippen molar-refractivity contribution in [2.24, 2.45) is 4.99 Å². The van der Waals surface area contributed by atoms with Crippen molar-refractivity contribution in [3.8, 4) is 0 Å². The Labute approximate surface area is 159 Å². The zero-order valence-corrected chi connectivity index (χ0v) is 15.8. The predicted molar refractivity (Wildman–Crippen MR) is 102 cm³/mol. The van der Waals surface area contributed by atoms with Gasteiger partial charge in [0.15, 0.2) is 5.96 Å². The lowest BCUT2D eigenvalue weighted by atomic mass is 10.1. The van der Waals surface area contributed by atoms with E-state index < -0.39 is 0 Å². The second-order valence-electron chi connectivity index (χ2n) is 6.29. The molecule has 0 spiro atoms. The number of carbonyl (C=O) groups is 1. The van der Waals surface area contributed by atoms with Crippen molar-refractivity contribution in [3.63, 3.8) is 0 Å². The third-order valence-electron chi connectivity index (χ3n) is 4.10. The first-order chi connectivity index (χ1) is 13.2. The van der Waals surface area contributed by atoms with Gasteiger partial charge >= 0.3 is 0 Å².